The van der Waals surface area contributed by atoms with E-state index >= 15 is 0 Å². The summed E-state index contributed by atoms with van der Waals surface area (Å²) < 4.78 is 0. The fraction of sp³-hybridized carbons (Fsp3) is 0.529. The molecular formula is C17H25ClN6O. The standard InChI is InChI=1S/C17H24N6O.ClH/c18-12-16(24)19-15-8-6-13(7-9-15)10-11-23-21-17(20-22-23)14-4-2-1-3-5-14;/h1-5,13,15H,6-12,18H2,(H,19,24);1H. The summed E-state index contributed by atoms with van der Waals surface area (Å²) in [5.41, 5.74) is 6.32. The number of rotatable bonds is 6. The Hall–Kier alpha value is -1.99. The lowest BCUT2D eigenvalue weighted by molar-refractivity contribution is -0.120. The Bertz CT molecular complexity index is 654. The van der Waals surface area contributed by atoms with E-state index in [2.05, 4.69) is 20.7 Å². The van der Waals surface area contributed by atoms with Gasteiger partial charge in [0.1, 0.15) is 0 Å². The number of tetrazole rings is 1. The van der Waals surface area contributed by atoms with Crippen LogP contribution < -0.4 is 11.1 Å². The molecule has 136 valence electrons. The summed E-state index contributed by atoms with van der Waals surface area (Å²) >= 11 is 0. The highest BCUT2D eigenvalue weighted by Gasteiger charge is 2.22. The van der Waals surface area contributed by atoms with E-state index in [-0.39, 0.29) is 30.9 Å². The molecule has 0 radical (unpaired) electrons. The molecule has 1 saturated carbocycles. The third kappa shape index (κ3) is 5.51. The van der Waals surface area contributed by atoms with E-state index in [9.17, 15) is 4.79 Å². The van der Waals surface area contributed by atoms with Crippen LogP contribution in [0.15, 0.2) is 30.3 Å². The lowest BCUT2D eigenvalue weighted by atomic mass is 9.84. The van der Waals surface area contributed by atoms with Gasteiger partial charge in [0.05, 0.1) is 13.1 Å². The number of aryl methyl sites for hydroxylation is 1. The Balaban J connectivity index is 0.00000225. The second-order valence-corrected chi connectivity index (χ2v) is 6.35. The lowest BCUT2D eigenvalue weighted by Gasteiger charge is -2.28. The summed E-state index contributed by atoms with van der Waals surface area (Å²) in [5, 5.41) is 15.7. The molecule has 1 aromatic carbocycles. The van der Waals surface area contributed by atoms with Gasteiger partial charge >= 0.3 is 0 Å². The van der Waals surface area contributed by atoms with Gasteiger partial charge in [-0.1, -0.05) is 30.3 Å². The van der Waals surface area contributed by atoms with Crippen LogP contribution in [-0.2, 0) is 11.3 Å². The van der Waals surface area contributed by atoms with Gasteiger partial charge in [-0.25, -0.2) is 0 Å². The number of amides is 1. The minimum absolute atomic E-state index is 0. The predicted octanol–water partition coefficient (Wildman–Crippen LogP) is 1.79. The van der Waals surface area contributed by atoms with Crippen LogP contribution in [0.3, 0.4) is 0 Å². The van der Waals surface area contributed by atoms with E-state index in [1.54, 1.807) is 4.80 Å². The van der Waals surface area contributed by atoms with E-state index in [0.717, 1.165) is 44.2 Å². The first-order chi connectivity index (χ1) is 11.7. The number of aromatic nitrogens is 4. The molecule has 0 unspecified atom stereocenters. The molecule has 0 spiro atoms. The van der Waals surface area contributed by atoms with Gasteiger partial charge in [0.25, 0.3) is 0 Å². The van der Waals surface area contributed by atoms with Crippen molar-refractivity contribution in [2.45, 2.75) is 44.7 Å². The average Bonchev–Trinajstić information content (AvgIpc) is 3.11. The van der Waals surface area contributed by atoms with Gasteiger partial charge in [0, 0.05) is 11.6 Å². The molecule has 3 N–H and O–H groups in total. The third-order valence-electron chi connectivity index (χ3n) is 4.62. The smallest absolute Gasteiger partial charge is 0.233 e. The van der Waals surface area contributed by atoms with Gasteiger partial charge in [-0.3, -0.25) is 4.79 Å². The Morgan fingerprint density at radius 3 is 2.60 bits per heavy atom. The van der Waals surface area contributed by atoms with Crippen LogP contribution in [0.4, 0.5) is 0 Å². The number of nitrogens with one attached hydrogen (secondary N) is 1. The molecule has 8 heteroatoms. The molecule has 1 aromatic heterocycles. The fourth-order valence-corrected chi connectivity index (χ4v) is 3.22. The van der Waals surface area contributed by atoms with Crippen LogP contribution in [0.5, 0.6) is 0 Å². The van der Waals surface area contributed by atoms with E-state index in [4.69, 9.17) is 5.73 Å². The number of hydrogen-bond donors (Lipinski definition) is 2. The number of benzene rings is 1. The average molecular weight is 365 g/mol. The van der Waals surface area contributed by atoms with Crippen molar-refractivity contribution >= 4 is 18.3 Å². The highest BCUT2D eigenvalue weighted by Crippen LogP contribution is 2.27. The van der Waals surface area contributed by atoms with Gasteiger partial charge in [0.15, 0.2) is 0 Å². The molecule has 7 nitrogen and oxygen atoms in total. The number of carbonyl (C=O) groups is 1. The minimum atomic E-state index is -0.0568. The molecule has 25 heavy (non-hydrogen) atoms. The quantitative estimate of drug-likeness (QED) is 0.814. The Labute approximate surface area is 153 Å². The topological polar surface area (TPSA) is 98.7 Å². The first-order valence-electron chi connectivity index (χ1n) is 8.57. The van der Waals surface area contributed by atoms with Gasteiger partial charge in [-0.15, -0.1) is 22.6 Å². The molecule has 0 aliphatic heterocycles. The molecular weight excluding hydrogens is 340 g/mol. The summed E-state index contributed by atoms with van der Waals surface area (Å²) in [6, 6.07) is 10.2. The molecule has 2 aromatic rings. The van der Waals surface area contributed by atoms with Crippen LogP contribution in [-0.4, -0.2) is 38.7 Å². The first-order valence-corrected chi connectivity index (χ1v) is 8.57. The van der Waals surface area contributed by atoms with E-state index in [0.29, 0.717) is 11.7 Å². The zero-order chi connectivity index (χ0) is 16.8. The van der Waals surface area contributed by atoms with Gasteiger partial charge in [-0.2, -0.15) is 4.80 Å². The van der Waals surface area contributed by atoms with Crippen LogP contribution in [0.1, 0.15) is 32.1 Å². The molecule has 3 rings (SSSR count). The van der Waals surface area contributed by atoms with E-state index in [1.165, 1.54) is 0 Å². The SMILES string of the molecule is Cl.NCC(=O)NC1CCC(CCn2nnc(-c3ccccc3)n2)CC1. The zero-order valence-corrected chi connectivity index (χ0v) is 15.0. The Morgan fingerprint density at radius 2 is 1.92 bits per heavy atom. The maximum absolute atomic E-state index is 11.3. The molecule has 1 aliphatic rings. The van der Waals surface area contributed by atoms with Gasteiger partial charge in [-0.05, 0) is 43.2 Å². The summed E-state index contributed by atoms with van der Waals surface area (Å²) in [4.78, 5) is 13.0. The lowest BCUT2D eigenvalue weighted by Crippen LogP contribution is -2.40. The third-order valence-corrected chi connectivity index (χ3v) is 4.62. The van der Waals surface area contributed by atoms with Gasteiger partial charge < -0.3 is 11.1 Å². The van der Waals surface area contributed by atoms with Gasteiger partial charge in [0.2, 0.25) is 11.7 Å². The van der Waals surface area contributed by atoms with Crippen molar-refractivity contribution in [3.8, 4) is 11.4 Å². The van der Waals surface area contributed by atoms with E-state index in [1.807, 2.05) is 30.3 Å². The van der Waals surface area contributed by atoms with Crippen molar-refractivity contribution in [2.75, 3.05) is 6.54 Å². The highest BCUT2D eigenvalue weighted by atomic mass is 35.5. The van der Waals surface area contributed by atoms with Crippen LogP contribution >= 0.6 is 12.4 Å². The minimum Gasteiger partial charge on any atom is -0.352 e. The number of nitrogens with zero attached hydrogens (tertiary/aromatic N) is 4. The number of nitrogens with two attached hydrogens (primary N) is 1. The Kier molecular flexibility index (Phi) is 7.33. The summed E-state index contributed by atoms with van der Waals surface area (Å²) in [7, 11) is 0. The maximum Gasteiger partial charge on any atom is 0.233 e. The van der Waals surface area contributed by atoms with Crippen molar-refractivity contribution in [2.24, 2.45) is 11.7 Å². The first kappa shape index (κ1) is 19.3. The molecule has 1 aliphatic carbocycles. The molecule has 0 saturated heterocycles. The molecule has 0 bridgehead atoms. The van der Waals surface area contributed by atoms with Crippen molar-refractivity contribution in [3.63, 3.8) is 0 Å². The number of carbonyl (C=O) groups excluding carboxylic acids is 1. The molecule has 1 fully saturated rings. The monoisotopic (exact) mass is 364 g/mol. The summed E-state index contributed by atoms with van der Waals surface area (Å²) in [6.45, 7) is 0.853. The predicted molar refractivity (Wildman–Crippen MR) is 98.1 cm³/mol. The van der Waals surface area contributed by atoms with Crippen molar-refractivity contribution in [3.05, 3.63) is 30.3 Å². The zero-order valence-electron chi connectivity index (χ0n) is 14.2. The second-order valence-electron chi connectivity index (χ2n) is 6.35. The highest BCUT2D eigenvalue weighted by molar-refractivity contribution is 5.85. The number of halogens is 1. The summed E-state index contributed by atoms with van der Waals surface area (Å²) in [6.07, 6.45) is 5.33. The van der Waals surface area contributed by atoms with Crippen molar-refractivity contribution < 1.29 is 4.79 Å². The van der Waals surface area contributed by atoms with Crippen LogP contribution in [0.25, 0.3) is 11.4 Å². The van der Waals surface area contributed by atoms with Crippen LogP contribution in [0.2, 0.25) is 0 Å². The number of hydrogen-bond acceptors (Lipinski definition) is 5. The second kappa shape index (κ2) is 9.48. The molecule has 0 atom stereocenters. The largest absolute Gasteiger partial charge is 0.352 e. The van der Waals surface area contributed by atoms with E-state index < -0.39 is 0 Å². The Morgan fingerprint density at radius 1 is 1.20 bits per heavy atom. The molecule has 1 amide bonds. The summed E-state index contributed by atoms with van der Waals surface area (Å²) in [5.74, 6) is 1.27. The fourth-order valence-electron chi connectivity index (χ4n) is 3.22. The van der Waals surface area contributed by atoms with Crippen molar-refractivity contribution in [1.82, 2.24) is 25.5 Å². The van der Waals surface area contributed by atoms with Crippen molar-refractivity contribution in [1.29, 1.82) is 0 Å². The normalized spacial score (nSPS) is 19.9. The van der Waals surface area contributed by atoms with Crippen LogP contribution in [0, 0.1) is 5.92 Å². The maximum atomic E-state index is 11.3. The molecule has 1 heterocycles.